The Morgan fingerprint density at radius 1 is 1.00 bits per heavy atom. The first kappa shape index (κ1) is 15.3. The first-order valence-corrected chi connectivity index (χ1v) is 8.14. The normalized spacial score (nSPS) is 31.3. The highest BCUT2D eigenvalue weighted by Gasteiger charge is 2.41. The third-order valence-corrected chi connectivity index (χ3v) is 5.69. The molecule has 0 aliphatic heterocycles. The fourth-order valence-corrected chi connectivity index (χ4v) is 4.07. The summed E-state index contributed by atoms with van der Waals surface area (Å²) in [5.41, 5.74) is 0.458. The van der Waals surface area contributed by atoms with E-state index < -0.39 is 0 Å². The highest BCUT2D eigenvalue weighted by Crippen LogP contribution is 2.37. The second-order valence-corrected chi connectivity index (χ2v) is 6.99. The molecule has 0 aromatic heterocycles. The van der Waals surface area contributed by atoms with Gasteiger partial charge in [0, 0.05) is 24.2 Å². The van der Waals surface area contributed by atoms with Gasteiger partial charge in [0.2, 0.25) is 0 Å². The second kappa shape index (κ2) is 6.55. The standard InChI is InChI=1S/C16H33N3/c1-17-14-9-6-5-7-10-15(14)19(4)13-16(18(2)3)11-8-12-16/h14-15,17H,5-13H2,1-4H3. The maximum Gasteiger partial charge on any atom is 0.0330 e. The zero-order valence-electron chi connectivity index (χ0n) is 13.4. The van der Waals surface area contributed by atoms with Gasteiger partial charge in [0.05, 0.1) is 0 Å². The molecule has 2 aliphatic carbocycles. The van der Waals surface area contributed by atoms with E-state index in [0.29, 0.717) is 11.6 Å². The summed E-state index contributed by atoms with van der Waals surface area (Å²) in [5, 5.41) is 3.57. The summed E-state index contributed by atoms with van der Waals surface area (Å²) in [7, 11) is 9.01. The molecule has 0 amide bonds. The van der Waals surface area contributed by atoms with Crippen molar-refractivity contribution in [3.8, 4) is 0 Å². The minimum Gasteiger partial charge on any atom is -0.315 e. The highest BCUT2D eigenvalue weighted by molar-refractivity contribution is 4.99. The van der Waals surface area contributed by atoms with E-state index in [2.05, 4.69) is 43.3 Å². The van der Waals surface area contributed by atoms with Gasteiger partial charge in [0.25, 0.3) is 0 Å². The van der Waals surface area contributed by atoms with Crippen molar-refractivity contribution in [1.82, 2.24) is 15.1 Å². The Labute approximate surface area is 119 Å². The predicted octanol–water partition coefficient (Wildman–Crippen LogP) is 2.32. The molecule has 19 heavy (non-hydrogen) atoms. The third kappa shape index (κ3) is 3.32. The van der Waals surface area contributed by atoms with Gasteiger partial charge in [-0.05, 0) is 60.3 Å². The van der Waals surface area contributed by atoms with Crippen molar-refractivity contribution in [2.75, 3.05) is 34.7 Å². The minimum absolute atomic E-state index is 0.458. The van der Waals surface area contributed by atoms with Gasteiger partial charge in [-0.25, -0.2) is 0 Å². The van der Waals surface area contributed by atoms with Crippen LogP contribution in [0.3, 0.4) is 0 Å². The van der Waals surface area contributed by atoms with Gasteiger partial charge in [-0.3, -0.25) is 0 Å². The van der Waals surface area contributed by atoms with E-state index in [1.54, 1.807) is 0 Å². The number of nitrogens with one attached hydrogen (secondary N) is 1. The lowest BCUT2D eigenvalue weighted by Gasteiger charge is -2.51. The molecular weight excluding hydrogens is 234 g/mol. The SMILES string of the molecule is CNC1CCCCCC1N(C)CC1(N(C)C)CCC1. The predicted molar refractivity (Wildman–Crippen MR) is 82.6 cm³/mol. The maximum atomic E-state index is 3.57. The number of hydrogen-bond donors (Lipinski definition) is 1. The summed E-state index contributed by atoms with van der Waals surface area (Å²) < 4.78 is 0. The largest absolute Gasteiger partial charge is 0.315 e. The van der Waals surface area contributed by atoms with Crippen LogP contribution < -0.4 is 5.32 Å². The van der Waals surface area contributed by atoms with Crippen molar-refractivity contribution >= 4 is 0 Å². The molecule has 0 bridgehead atoms. The van der Waals surface area contributed by atoms with Gasteiger partial charge in [-0.2, -0.15) is 0 Å². The molecule has 0 aromatic carbocycles. The number of hydrogen-bond acceptors (Lipinski definition) is 3. The van der Waals surface area contributed by atoms with E-state index in [1.165, 1.54) is 57.9 Å². The lowest BCUT2D eigenvalue weighted by atomic mass is 9.75. The first-order chi connectivity index (χ1) is 9.09. The Morgan fingerprint density at radius 3 is 2.21 bits per heavy atom. The van der Waals surface area contributed by atoms with E-state index in [4.69, 9.17) is 0 Å². The van der Waals surface area contributed by atoms with Crippen LogP contribution in [0, 0.1) is 0 Å². The number of nitrogens with zero attached hydrogens (tertiary/aromatic N) is 2. The average molecular weight is 267 g/mol. The molecule has 2 atom stereocenters. The summed E-state index contributed by atoms with van der Waals surface area (Å²) in [6.45, 7) is 1.24. The lowest BCUT2D eigenvalue weighted by Crippen LogP contribution is -2.60. The molecule has 3 heteroatoms. The summed E-state index contributed by atoms with van der Waals surface area (Å²) in [6, 6.07) is 1.41. The van der Waals surface area contributed by atoms with Crippen molar-refractivity contribution in [3.63, 3.8) is 0 Å². The van der Waals surface area contributed by atoms with E-state index in [0.717, 1.165) is 6.04 Å². The van der Waals surface area contributed by atoms with Crippen LogP contribution in [0.5, 0.6) is 0 Å². The highest BCUT2D eigenvalue weighted by atomic mass is 15.2. The van der Waals surface area contributed by atoms with Crippen LogP contribution in [0.1, 0.15) is 51.4 Å². The van der Waals surface area contributed by atoms with Crippen LogP contribution in [-0.4, -0.2) is 62.2 Å². The molecule has 0 radical (unpaired) electrons. The molecule has 2 saturated carbocycles. The second-order valence-electron chi connectivity index (χ2n) is 6.99. The Bertz CT molecular complexity index is 273. The van der Waals surface area contributed by atoms with Crippen LogP contribution in [0.15, 0.2) is 0 Å². The molecule has 3 nitrogen and oxygen atoms in total. The smallest absolute Gasteiger partial charge is 0.0330 e. The number of rotatable bonds is 5. The molecule has 2 unspecified atom stereocenters. The molecule has 1 N–H and O–H groups in total. The molecule has 0 saturated heterocycles. The van der Waals surface area contributed by atoms with Crippen LogP contribution in [0.4, 0.5) is 0 Å². The van der Waals surface area contributed by atoms with Crippen LogP contribution in [0.2, 0.25) is 0 Å². The zero-order chi connectivity index (χ0) is 13.9. The van der Waals surface area contributed by atoms with Crippen molar-refractivity contribution in [3.05, 3.63) is 0 Å². The first-order valence-electron chi connectivity index (χ1n) is 8.14. The molecule has 0 aromatic rings. The molecule has 2 aliphatic rings. The monoisotopic (exact) mass is 267 g/mol. The average Bonchev–Trinajstić information content (AvgIpc) is 2.57. The van der Waals surface area contributed by atoms with E-state index >= 15 is 0 Å². The fraction of sp³-hybridized carbons (Fsp3) is 1.00. The Hall–Kier alpha value is -0.120. The van der Waals surface area contributed by atoms with Crippen molar-refractivity contribution in [2.45, 2.75) is 69.0 Å². The van der Waals surface area contributed by atoms with Crippen LogP contribution in [0.25, 0.3) is 0 Å². The molecule has 2 rings (SSSR count). The van der Waals surface area contributed by atoms with Crippen molar-refractivity contribution < 1.29 is 0 Å². The summed E-state index contributed by atoms with van der Waals surface area (Å²) in [4.78, 5) is 5.13. The lowest BCUT2D eigenvalue weighted by molar-refractivity contribution is 0.0101. The topological polar surface area (TPSA) is 18.5 Å². The quantitative estimate of drug-likeness (QED) is 0.771. The summed E-state index contributed by atoms with van der Waals surface area (Å²) >= 11 is 0. The van der Waals surface area contributed by atoms with Gasteiger partial charge in [0.15, 0.2) is 0 Å². The van der Waals surface area contributed by atoms with Gasteiger partial charge < -0.3 is 15.1 Å². The van der Waals surface area contributed by atoms with E-state index in [-0.39, 0.29) is 0 Å². The van der Waals surface area contributed by atoms with Gasteiger partial charge in [0.1, 0.15) is 0 Å². The van der Waals surface area contributed by atoms with Gasteiger partial charge in [-0.1, -0.05) is 19.3 Å². The van der Waals surface area contributed by atoms with Crippen molar-refractivity contribution in [2.24, 2.45) is 0 Å². The van der Waals surface area contributed by atoms with Crippen LogP contribution >= 0.6 is 0 Å². The van der Waals surface area contributed by atoms with Gasteiger partial charge >= 0.3 is 0 Å². The molecule has 112 valence electrons. The summed E-state index contributed by atoms with van der Waals surface area (Å²) in [5.74, 6) is 0. The van der Waals surface area contributed by atoms with Gasteiger partial charge in [-0.15, -0.1) is 0 Å². The Morgan fingerprint density at radius 2 is 1.68 bits per heavy atom. The van der Waals surface area contributed by atoms with E-state index in [9.17, 15) is 0 Å². The fourth-order valence-electron chi connectivity index (χ4n) is 4.07. The summed E-state index contributed by atoms with van der Waals surface area (Å²) in [6.07, 6.45) is 11.1. The Balaban J connectivity index is 1.98. The zero-order valence-corrected chi connectivity index (χ0v) is 13.4. The number of likely N-dealkylation sites (N-methyl/N-ethyl adjacent to an activating group) is 3. The molecule has 2 fully saturated rings. The molecule has 0 heterocycles. The van der Waals surface area contributed by atoms with Crippen molar-refractivity contribution in [1.29, 1.82) is 0 Å². The van der Waals surface area contributed by atoms with Crippen LogP contribution in [-0.2, 0) is 0 Å². The minimum atomic E-state index is 0.458. The van der Waals surface area contributed by atoms with E-state index in [1.807, 2.05) is 0 Å². The Kier molecular flexibility index (Phi) is 5.27. The molecular formula is C16H33N3. The third-order valence-electron chi connectivity index (χ3n) is 5.69. The maximum absolute atomic E-state index is 3.57. The molecule has 0 spiro atoms.